The highest BCUT2D eigenvalue weighted by atomic mass is 15.1. The van der Waals surface area contributed by atoms with Crippen LogP contribution in [-0.2, 0) is 0 Å². The number of hydrogen-bond acceptors (Lipinski definition) is 5. The Morgan fingerprint density at radius 3 is 2.65 bits per heavy atom. The smallest absolute Gasteiger partial charge is 0.223 e. The van der Waals surface area contributed by atoms with Gasteiger partial charge >= 0.3 is 0 Å². The van der Waals surface area contributed by atoms with Crippen LogP contribution >= 0.6 is 0 Å². The third-order valence-corrected chi connectivity index (χ3v) is 5.35. The Labute approximate surface area is 137 Å². The molecule has 2 fully saturated rings. The van der Waals surface area contributed by atoms with E-state index < -0.39 is 0 Å². The standard InChI is InChI=1S/C18H23N5/c1-2-4-14-11-15(6-5-13(14)3-1)22-18-21-8-7-16(23-18)17-12-19-9-10-20-17/h7-10,12-15H,1-6,11H2,(H,21,22,23). The molecule has 2 aliphatic rings. The average molecular weight is 309 g/mol. The fourth-order valence-corrected chi connectivity index (χ4v) is 4.19. The lowest BCUT2D eigenvalue weighted by atomic mass is 9.69. The molecule has 0 aliphatic heterocycles. The van der Waals surface area contributed by atoms with E-state index in [9.17, 15) is 0 Å². The van der Waals surface area contributed by atoms with Crippen molar-refractivity contribution in [2.75, 3.05) is 5.32 Å². The molecule has 2 aromatic rings. The van der Waals surface area contributed by atoms with E-state index in [1.54, 1.807) is 24.8 Å². The zero-order chi connectivity index (χ0) is 15.5. The molecule has 0 radical (unpaired) electrons. The van der Waals surface area contributed by atoms with Crippen LogP contribution in [0.2, 0.25) is 0 Å². The Kier molecular flexibility index (Phi) is 4.18. The summed E-state index contributed by atoms with van der Waals surface area (Å²) in [6, 6.07) is 2.39. The number of fused-ring (bicyclic) bond motifs is 1. The van der Waals surface area contributed by atoms with Gasteiger partial charge in [0, 0.05) is 24.6 Å². The van der Waals surface area contributed by atoms with Crippen molar-refractivity contribution in [2.45, 2.75) is 51.0 Å². The predicted octanol–water partition coefficient (Wildman–Crippen LogP) is 3.70. The van der Waals surface area contributed by atoms with Crippen LogP contribution in [0.25, 0.3) is 11.4 Å². The van der Waals surface area contributed by atoms with Crippen LogP contribution in [0.15, 0.2) is 30.9 Å². The number of nitrogens with zero attached hydrogens (tertiary/aromatic N) is 4. The van der Waals surface area contributed by atoms with Crippen LogP contribution in [0.5, 0.6) is 0 Å². The first kappa shape index (κ1) is 14.5. The highest BCUT2D eigenvalue weighted by molar-refractivity contribution is 5.53. The van der Waals surface area contributed by atoms with Crippen molar-refractivity contribution < 1.29 is 0 Å². The Hall–Kier alpha value is -2.04. The molecular formula is C18H23N5. The van der Waals surface area contributed by atoms with Crippen LogP contribution in [-0.4, -0.2) is 26.0 Å². The second kappa shape index (κ2) is 6.60. The number of aromatic nitrogens is 4. The van der Waals surface area contributed by atoms with Gasteiger partial charge in [0.05, 0.1) is 11.9 Å². The summed E-state index contributed by atoms with van der Waals surface area (Å²) < 4.78 is 0. The van der Waals surface area contributed by atoms with Gasteiger partial charge < -0.3 is 5.32 Å². The maximum Gasteiger partial charge on any atom is 0.223 e. The fraction of sp³-hybridized carbons (Fsp3) is 0.556. The SMILES string of the molecule is c1cnc(-c2ccnc(NC3CCC4CCCCC4C3)n2)cn1. The van der Waals surface area contributed by atoms with Gasteiger partial charge in [0.25, 0.3) is 0 Å². The zero-order valence-corrected chi connectivity index (χ0v) is 13.4. The molecule has 4 rings (SSSR count). The highest BCUT2D eigenvalue weighted by Crippen LogP contribution is 2.40. The van der Waals surface area contributed by atoms with E-state index in [1.165, 1.54) is 44.9 Å². The predicted molar refractivity (Wildman–Crippen MR) is 89.8 cm³/mol. The number of hydrogen-bond donors (Lipinski definition) is 1. The Bertz CT molecular complexity index is 645. The van der Waals surface area contributed by atoms with Crippen molar-refractivity contribution in [3.63, 3.8) is 0 Å². The third kappa shape index (κ3) is 3.33. The number of anilines is 1. The van der Waals surface area contributed by atoms with Crippen molar-refractivity contribution >= 4 is 5.95 Å². The lowest BCUT2D eigenvalue weighted by Gasteiger charge is -2.39. The van der Waals surface area contributed by atoms with Crippen LogP contribution in [0.4, 0.5) is 5.95 Å². The molecule has 2 aliphatic carbocycles. The van der Waals surface area contributed by atoms with Gasteiger partial charge in [0.1, 0.15) is 5.69 Å². The quantitative estimate of drug-likeness (QED) is 0.936. The first-order valence-corrected chi connectivity index (χ1v) is 8.74. The number of rotatable bonds is 3. The third-order valence-electron chi connectivity index (χ3n) is 5.35. The maximum atomic E-state index is 4.62. The van der Waals surface area contributed by atoms with Crippen LogP contribution in [0, 0.1) is 11.8 Å². The van der Waals surface area contributed by atoms with E-state index in [-0.39, 0.29) is 0 Å². The summed E-state index contributed by atoms with van der Waals surface area (Å²) in [5, 5.41) is 3.55. The molecule has 5 nitrogen and oxygen atoms in total. The van der Waals surface area contributed by atoms with E-state index in [2.05, 4.69) is 25.3 Å². The first-order chi connectivity index (χ1) is 11.4. The molecule has 1 N–H and O–H groups in total. The number of nitrogens with one attached hydrogen (secondary N) is 1. The van der Waals surface area contributed by atoms with E-state index >= 15 is 0 Å². The molecule has 0 amide bonds. The van der Waals surface area contributed by atoms with Crippen molar-refractivity contribution in [2.24, 2.45) is 11.8 Å². The second-order valence-electron chi connectivity index (χ2n) is 6.82. The van der Waals surface area contributed by atoms with Crippen LogP contribution in [0.1, 0.15) is 44.9 Å². The van der Waals surface area contributed by atoms with Gasteiger partial charge in [-0.05, 0) is 37.2 Å². The molecule has 3 atom stereocenters. The average Bonchev–Trinajstić information content (AvgIpc) is 2.63. The molecule has 2 aromatic heterocycles. The summed E-state index contributed by atoms with van der Waals surface area (Å²) in [4.78, 5) is 17.4. The summed E-state index contributed by atoms with van der Waals surface area (Å²) in [5.74, 6) is 2.58. The molecule has 2 heterocycles. The Balaban J connectivity index is 1.45. The topological polar surface area (TPSA) is 63.6 Å². The van der Waals surface area contributed by atoms with Gasteiger partial charge in [-0.1, -0.05) is 25.7 Å². The largest absolute Gasteiger partial charge is 0.351 e. The molecule has 0 aromatic carbocycles. The summed E-state index contributed by atoms with van der Waals surface area (Å²) in [5.41, 5.74) is 1.61. The van der Waals surface area contributed by atoms with E-state index in [0.29, 0.717) is 12.0 Å². The van der Waals surface area contributed by atoms with Crippen molar-refractivity contribution in [1.29, 1.82) is 0 Å². The lowest BCUT2D eigenvalue weighted by molar-refractivity contribution is 0.162. The van der Waals surface area contributed by atoms with Gasteiger partial charge in [-0.2, -0.15) is 0 Å². The first-order valence-electron chi connectivity index (χ1n) is 8.74. The minimum atomic E-state index is 0.506. The maximum absolute atomic E-state index is 4.62. The molecule has 3 unspecified atom stereocenters. The van der Waals surface area contributed by atoms with E-state index in [4.69, 9.17) is 0 Å². The lowest BCUT2D eigenvalue weighted by Crippen LogP contribution is -2.34. The Morgan fingerprint density at radius 2 is 1.78 bits per heavy atom. The summed E-state index contributed by atoms with van der Waals surface area (Å²) in [6.07, 6.45) is 16.4. The Morgan fingerprint density at radius 1 is 0.870 bits per heavy atom. The molecule has 23 heavy (non-hydrogen) atoms. The fourth-order valence-electron chi connectivity index (χ4n) is 4.19. The van der Waals surface area contributed by atoms with Crippen molar-refractivity contribution in [3.05, 3.63) is 30.9 Å². The minimum absolute atomic E-state index is 0.506. The molecular weight excluding hydrogens is 286 g/mol. The molecule has 120 valence electrons. The summed E-state index contributed by atoms with van der Waals surface area (Å²) >= 11 is 0. The van der Waals surface area contributed by atoms with Gasteiger partial charge in [-0.3, -0.25) is 9.97 Å². The van der Waals surface area contributed by atoms with E-state index in [1.807, 2.05) is 6.07 Å². The normalized spacial score (nSPS) is 27.2. The van der Waals surface area contributed by atoms with Crippen molar-refractivity contribution in [3.8, 4) is 11.4 Å². The van der Waals surface area contributed by atoms with Gasteiger partial charge in [0.2, 0.25) is 5.95 Å². The highest BCUT2D eigenvalue weighted by Gasteiger charge is 2.32. The molecule has 5 heteroatoms. The molecule has 2 saturated carbocycles. The summed E-state index contributed by atoms with van der Waals surface area (Å²) in [7, 11) is 0. The molecule has 0 spiro atoms. The second-order valence-corrected chi connectivity index (χ2v) is 6.82. The molecule has 0 saturated heterocycles. The van der Waals surface area contributed by atoms with Crippen molar-refractivity contribution in [1.82, 2.24) is 19.9 Å². The van der Waals surface area contributed by atoms with Gasteiger partial charge in [0.15, 0.2) is 0 Å². The van der Waals surface area contributed by atoms with Gasteiger partial charge in [-0.15, -0.1) is 0 Å². The minimum Gasteiger partial charge on any atom is -0.351 e. The van der Waals surface area contributed by atoms with Crippen LogP contribution < -0.4 is 5.32 Å². The summed E-state index contributed by atoms with van der Waals surface area (Å²) in [6.45, 7) is 0. The van der Waals surface area contributed by atoms with E-state index in [0.717, 1.165) is 23.2 Å². The zero-order valence-electron chi connectivity index (χ0n) is 13.4. The van der Waals surface area contributed by atoms with Gasteiger partial charge in [-0.25, -0.2) is 9.97 Å². The molecule has 0 bridgehead atoms. The van der Waals surface area contributed by atoms with Crippen LogP contribution in [0.3, 0.4) is 0 Å². The monoisotopic (exact) mass is 309 g/mol.